The van der Waals surface area contributed by atoms with Crippen molar-refractivity contribution in [1.29, 1.82) is 0 Å². The topological polar surface area (TPSA) is 66.1 Å². The van der Waals surface area contributed by atoms with E-state index in [1.807, 2.05) is 4.90 Å². The van der Waals surface area contributed by atoms with Gasteiger partial charge < -0.3 is 9.88 Å². The van der Waals surface area contributed by atoms with Crippen molar-refractivity contribution in [3.8, 4) is 0 Å². The lowest BCUT2D eigenvalue weighted by molar-refractivity contribution is -0.130. The number of hydrogen-bond acceptors (Lipinski definition) is 5. The number of hydrogen-bond donors (Lipinski definition) is 1. The van der Waals surface area contributed by atoms with E-state index in [9.17, 15) is 9.59 Å². The van der Waals surface area contributed by atoms with E-state index in [2.05, 4.69) is 37.7 Å². The van der Waals surface area contributed by atoms with Crippen molar-refractivity contribution < 1.29 is 4.79 Å². The number of amides is 1. The van der Waals surface area contributed by atoms with Gasteiger partial charge in [-0.05, 0) is 43.6 Å². The van der Waals surface area contributed by atoms with Gasteiger partial charge in [-0.2, -0.15) is 0 Å². The Hall–Kier alpha value is -1.34. The molecule has 3 rings (SSSR count). The van der Waals surface area contributed by atoms with E-state index in [1.165, 1.54) is 23.1 Å². The largest absolute Gasteiger partial charge is 0.342 e. The molecule has 5 nitrogen and oxygen atoms in total. The maximum absolute atomic E-state index is 12.7. The van der Waals surface area contributed by atoms with Crippen molar-refractivity contribution >= 4 is 39.2 Å². The first-order chi connectivity index (χ1) is 12.9. The summed E-state index contributed by atoms with van der Waals surface area (Å²) in [5, 5.41) is 1.28. The first-order valence-corrected chi connectivity index (χ1v) is 11.6. The first kappa shape index (κ1) is 20.4. The second kappa shape index (κ2) is 8.78. The van der Waals surface area contributed by atoms with E-state index >= 15 is 0 Å². The molecule has 27 heavy (non-hydrogen) atoms. The fourth-order valence-corrected chi connectivity index (χ4v) is 5.47. The number of H-pyrrole nitrogens is 1. The highest BCUT2D eigenvalue weighted by molar-refractivity contribution is 7.99. The maximum atomic E-state index is 12.7. The zero-order valence-electron chi connectivity index (χ0n) is 16.6. The van der Waals surface area contributed by atoms with Crippen LogP contribution in [0.5, 0.6) is 0 Å². The Balaban J connectivity index is 1.75. The minimum atomic E-state index is -0.0794. The van der Waals surface area contributed by atoms with Gasteiger partial charge in [-0.3, -0.25) is 9.59 Å². The summed E-state index contributed by atoms with van der Waals surface area (Å²) in [5.41, 5.74) is 1.05. The molecule has 1 aliphatic rings. The molecule has 2 atom stereocenters. The van der Waals surface area contributed by atoms with Gasteiger partial charge in [-0.25, -0.2) is 4.98 Å². The van der Waals surface area contributed by atoms with Gasteiger partial charge in [0.1, 0.15) is 4.83 Å². The number of carbonyl (C=O) groups excluding carboxylic acids is 1. The molecule has 1 saturated heterocycles. The normalized spacial score (nSPS) is 18.8. The number of piperidine rings is 1. The second-order valence-corrected chi connectivity index (χ2v) is 9.95. The fourth-order valence-electron chi connectivity index (χ4n) is 3.60. The van der Waals surface area contributed by atoms with Crippen molar-refractivity contribution in [1.82, 2.24) is 14.9 Å². The van der Waals surface area contributed by atoms with E-state index in [0.29, 0.717) is 22.7 Å². The summed E-state index contributed by atoms with van der Waals surface area (Å²) in [4.78, 5) is 36.6. The van der Waals surface area contributed by atoms with Crippen LogP contribution < -0.4 is 5.56 Å². The molecule has 2 aromatic rings. The minimum Gasteiger partial charge on any atom is -0.342 e. The van der Waals surface area contributed by atoms with Crippen LogP contribution in [0.3, 0.4) is 0 Å². The lowest BCUT2D eigenvalue weighted by Crippen LogP contribution is -2.40. The van der Waals surface area contributed by atoms with Crippen LogP contribution in [-0.2, 0) is 11.2 Å². The predicted octanol–water partition coefficient (Wildman–Crippen LogP) is 4.23. The van der Waals surface area contributed by atoms with E-state index in [1.54, 1.807) is 11.3 Å². The Kier molecular flexibility index (Phi) is 6.63. The number of likely N-dealkylation sites (tertiary alicyclic amines) is 1. The third-order valence-corrected chi connectivity index (χ3v) is 7.33. The van der Waals surface area contributed by atoms with Crippen molar-refractivity contribution in [2.45, 2.75) is 58.5 Å². The van der Waals surface area contributed by atoms with Gasteiger partial charge in [0, 0.05) is 18.0 Å². The predicted molar refractivity (Wildman–Crippen MR) is 114 cm³/mol. The van der Waals surface area contributed by atoms with E-state index in [4.69, 9.17) is 0 Å². The Morgan fingerprint density at radius 1 is 1.48 bits per heavy atom. The van der Waals surface area contributed by atoms with E-state index in [0.717, 1.165) is 48.1 Å². The van der Waals surface area contributed by atoms with Crippen LogP contribution in [0.2, 0.25) is 0 Å². The van der Waals surface area contributed by atoms with Crippen LogP contribution in [0.1, 0.15) is 50.5 Å². The first-order valence-electron chi connectivity index (χ1n) is 9.81. The van der Waals surface area contributed by atoms with Gasteiger partial charge in [0.2, 0.25) is 5.91 Å². The van der Waals surface area contributed by atoms with Crippen LogP contribution in [0.15, 0.2) is 9.95 Å². The molecule has 3 heterocycles. The molecule has 7 heteroatoms. The van der Waals surface area contributed by atoms with E-state index in [-0.39, 0.29) is 11.5 Å². The van der Waals surface area contributed by atoms with E-state index < -0.39 is 0 Å². The highest BCUT2D eigenvalue weighted by atomic mass is 32.2. The highest BCUT2D eigenvalue weighted by Gasteiger charge is 2.22. The molecule has 2 aromatic heterocycles. The van der Waals surface area contributed by atoms with Crippen molar-refractivity contribution in [3.05, 3.63) is 20.8 Å². The molecule has 1 aliphatic heterocycles. The summed E-state index contributed by atoms with van der Waals surface area (Å²) < 4.78 is 0. The molecule has 0 aromatic carbocycles. The number of aromatic nitrogens is 2. The Morgan fingerprint density at radius 2 is 2.26 bits per heavy atom. The Bertz CT molecular complexity index is 874. The van der Waals surface area contributed by atoms with Gasteiger partial charge in [-0.15, -0.1) is 11.3 Å². The third kappa shape index (κ3) is 4.74. The summed E-state index contributed by atoms with van der Waals surface area (Å²) in [6.07, 6.45) is 4.27. The molecular weight excluding hydrogens is 378 g/mol. The zero-order chi connectivity index (χ0) is 19.6. The monoisotopic (exact) mass is 407 g/mol. The molecule has 1 N–H and O–H groups in total. The summed E-state index contributed by atoms with van der Waals surface area (Å²) in [6, 6.07) is 0. The number of rotatable bonds is 6. The summed E-state index contributed by atoms with van der Waals surface area (Å²) in [6.45, 7) is 10.3. The molecule has 1 fully saturated rings. The average molecular weight is 408 g/mol. The summed E-state index contributed by atoms with van der Waals surface area (Å²) >= 11 is 2.92. The third-order valence-electron chi connectivity index (χ3n) is 5.43. The SMILES string of the molecule is CCC(C)Cc1c(C)sc2nc(SCC(=O)N3CCCC(C)C3)[nH]c(=O)c12. The zero-order valence-corrected chi connectivity index (χ0v) is 18.3. The second-order valence-electron chi connectivity index (χ2n) is 7.78. The lowest BCUT2D eigenvalue weighted by atomic mass is 9.98. The molecule has 0 spiro atoms. The van der Waals surface area contributed by atoms with Crippen molar-refractivity contribution in [2.24, 2.45) is 11.8 Å². The highest BCUT2D eigenvalue weighted by Crippen LogP contribution is 2.30. The van der Waals surface area contributed by atoms with Gasteiger partial charge >= 0.3 is 0 Å². The number of nitrogens with one attached hydrogen (secondary N) is 1. The van der Waals surface area contributed by atoms with Gasteiger partial charge in [0.05, 0.1) is 11.1 Å². The molecule has 0 bridgehead atoms. The molecule has 1 amide bonds. The molecule has 0 saturated carbocycles. The standard InChI is InChI=1S/C20H29N3O2S2/c1-5-12(2)9-15-14(4)27-19-17(15)18(25)21-20(22-19)26-11-16(24)23-8-6-7-13(3)10-23/h12-13H,5-11H2,1-4H3,(H,21,22,25). The van der Waals surface area contributed by atoms with Crippen molar-refractivity contribution in [3.63, 3.8) is 0 Å². The van der Waals surface area contributed by atoms with Crippen LogP contribution in [-0.4, -0.2) is 39.6 Å². The minimum absolute atomic E-state index is 0.0794. The van der Waals surface area contributed by atoms with Crippen LogP contribution in [0, 0.1) is 18.8 Å². The fraction of sp³-hybridized carbons (Fsp3) is 0.650. The summed E-state index contributed by atoms with van der Waals surface area (Å²) in [5.74, 6) is 1.57. The van der Waals surface area contributed by atoms with Gasteiger partial charge in [0.25, 0.3) is 5.56 Å². The molecule has 2 unspecified atom stereocenters. The van der Waals surface area contributed by atoms with Gasteiger partial charge in [-0.1, -0.05) is 39.0 Å². The van der Waals surface area contributed by atoms with Crippen LogP contribution in [0.4, 0.5) is 0 Å². The van der Waals surface area contributed by atoms with Crippen molar-refractivity contribution in [2.75, 3.05) is 18.8 Å². The number of fused-ring (bicyclic) bond motifs is 1. The lowest BCUT2D eigenvalue weighted by Gasteiger charge is -2.30. The summed E-state index contributed by atoms with van der Waals surface area (Å²) in [7, 11) is 0. The maximum Gasteiger partial charge on any atom is 0.260 e. The molecule has 0 radical (unpaired) electrons. The Morgan fingerprint density at radius 3 is 2.96 bits per heavy atom. The smallest absolute Gasteiger partial charge is 0.260 e. The number of thioether (sulfide) groups is 1. The molecule has 148 valence electrons. The molecular formula is C20H29N3O2S2. The average Bonchev–Trinajstić information content (AvgIpc) is 2.95. The molecule has 0 aliphatic carbocycles. The van der Waals surface area contributed by atoms with Crippen LogP contribution >= 0.6 is 23.1 Å². The number of carbonyl (C=O) groups is 1. The number of aromatic amines is 1. The quantitative estimate of drug-likeness (QED) is 0.575. The van der Waals surface area contributed by atoms with Gasteiger partial charge in [0.15, 0.2) is 5.16 Å². The number of aryl methyl sites for hydroxylation is 1. The number of nitrogens with zero attached hydrogens (tertiary/aromatic N) is 2. The van der Waals surface area contributed by atoms with Crippen LogP contribution in [0.25, 0.3) is 10.2 Å². The number of thiophene rings is 1. The Labute approximate surface area is 169 Å².